The van der Waals surface area contributed by atoms with Crippen LogP contribution >= 0.6 is 0 Å². The first-order valence-electron chi connectivity index (χ1n) is 7.72. The summed E-state index contributed by atoms with van der Waals surface area (Å²) in [6, 6.07) is 3.46. The molecule has 0 unspecified atom stereocenters. The highest BCUT2D eigenvalue weighted by atomic mass is 16.5. The van der Waals surface area contributed by atoms with Crippen LogP contribution in [-0.4, -0.2) is 58.1 Å². The van der Waals surface area contributed by atoms with Gasteiger partial charge in [0.25, 0.3) is 5.91 Å². The summed E-state index contributed by atoms with van der Waals surface area (Å²) in [7, 11) is 0. The molecule has 0 aromatic carbocycles. The first-order chi connectivity index (χ1) is 10.5. The Kier molecular flexibility index (Phi) is 2.81. The predicted molar refractivity (Wildman–Crippen MR) is 78.2 cm³/mol. The summed E-state index contributed by atoms with van der Waals surface area (Å²) in [4.78, 5) is 33.0. The predicted octanol–water partition coefficient (Wildman–Crippen LogP) is 0.872. The summed E-state index contributed by atoms with van der Waals surface area (Å²) in [5.41, 5.74) is 1.74. The minimum atomic E-state index is -0.566. The number of aryl methyl sites for hydroxylation is 2. The minimum absolute atomic E-state index is 0.0272. The molecule has 2 atom stereocenters. The fourth-order valence-electron chi connectivity index (χ4n) is 4.16. The van der Waals surface area contributed by atoms with Gasteiger partial charge >= 0.3 is 0 Å². The van der Waals surface area contributed by atoms with Crippen molar-refractivity contribution in [1.29, 1.82) is 0 Å². The van der Waals surface area contributed by atoms with Crippen LogP contribution in [0.15, 0.2) is 12.1 Å². The van der Waals surface area contributed by atoms with Gasteiger partial charge in [0.1, 0.15) is 0 Å². The van der Waals surface area contributed by atoms with Crippen LogP contribution in [0, 0.1) is 13.8 Å². The molecule has 3 fully saturated rings. The van der Waals surface area contributed by atoms with Crippen molar-refractivity contribution in [2.24, 2.45) is 0 Å². The lowest BCUT2D eigenvalue weighted by molar-refractivity contribution is -0.136. The highest BCUT2D eigenvalue weighted by molar-refractivity contribution is 5.96. The molecule has 6 nitrogen and oxygen atoms in total. The molecule has 1 aromatic rings. The number of nitrogens with zero attached hydrogens (tertiary/aromatic N) is 3. The largest absolute Gasteiger partial charge is 0.351 e. The van der Waals surface area contributed by atoms with Crippen LogP contribution in [0.5, 0.6) is 0 Å². The molecule has 22 heavy (non-hydrogen) atoms. The van der Waals surface area contributed by atoms with E-state index in [9.17, 15) is 9.59 Å². The van der Waals surface area contributed by atoms with Crippen molar-refractivity contribution in [3.63, 3.8) is 0 Å². The Bertz CT molecular complexity index is 654. The third-order valence-corrected chi connectivity index (χ3v) is 4.99. The van der Waals surface area contributed by atoms with Gasteiger partial charge in [0.2, 0.25) is 5.91 Å². The van der Waals surface area contributed by atoms with E-state index < -0.39 is 5.72 Å². The molecule has 1 spiro atoms. The van der Waals surface area contributed by atoms with E-state index in [1.54, 1.807) is 0 Å². The van der Waals surface area contributed by atoms with Crippen LogP contribution in [0.25, 0.3) is 0 Å². The van der Waals surface area contributed by atoms with Crippen LogP contribution in [0.1, 0.15) is 34.6 Å². The Balaban J connectivity index is 1.67. The van der Waals surface area contributed by atoms with Gasteiger partial charge in [-0.15, -0.1) is 0 Å². The maximum atomic E-state index is 12.9. The van der Waals surface area contributed by atoms with Gasteiger partial charge < -0.3 is 14.5 Å². The third kappa shape index (κ3) is 1.73. The van der Waals surface area contributed by atoms with Gasteiger partial charge in [-0.1, -0.05) is 0 Å². The van der Waals surface area contributed by atoms with Crippen molar-refractivity contribution in [2.45, 2.75) is 38.5 Å². The summed E-state index contributed by atoms with van der Waals surface area (Å²) in [5.74, 6) is 0.0720. The number of ether oxygens (including phenoxy) is 1. The van der Waals surface area contributed by atoms with Crippen molar-refractivity contribution in [3.05, 3.63) is 29.1 Å². The van der Waals surface area contributed by atoms with Crippen LogP contribution in [0.2, 0.25) is 0 Å². The van der Waals surface area contributed by atoms with Gasteiger partial charge in [0, 0.05) is 36.5 Å². The molecule has 0 saturated carbocycles. The molecule has 3 aliphatic heterocycles. The van der Waals surface area contributed by atoms with E-state index in [0.29, 0.717) is 38.1 Å². The Morgan fingerprint density at radius 3 is 2.77 bits per heavy atom. The number of amides is 2. The minimum Gasteiger partial charge on any atom is -0.351 e. The van der Waals surface area contributed by atoms with E-state index in [1.165, 1.54) is 0 Å². The summed E-state index contributed by atoms with van der Waals surface area (Å²) >= 11 is 0. The SMILES string of the molecule is Cc1cc(C(=O)N2CC[C@@]34OCCN3C(=O)C[C@@H]24)cc(C)n1. The maximum absolute atomic E-state index is 12.9. The van der Waals surface area contributed by atoms with Gasteiger partial charge in [-0.25, -0.2) is 0 Å². The summed E-state index contributed by atoms with van der Waals surface area (Å²) in [6.45, 7) is 5.61. The number of carbonyl (C=O) groups is 2. The summed E-state index contributed by atoms with van der Waals surface area (Å²) in [5, 5.41) is 0. The molecule has 4 rings (SSSR count). The normalized spacial score (nSPS) is 29.9. The van der Waals surface area contributed by atoms with E-state index in [0.717, 1.165) is 11.4 Å². The number of likely N-dealkylation sites (tertiary alicyclic amines) is 1. The van der Waals surface area contributed by atoms with Crippen molar-refractivity contribution < 1.29 is 14.3 Å². The molecule has 1 aromatic heterocycles. The van der Waals surface area contributed by atoms with Crippen molar-refractivity contribution >= 4 is 11.8 Å². The highest BCUT2D eigenvalue weighted by Crippen LogP contribution is 2.45. The number of aromatic nitrogens is 1. The van der Waals surface area contributed by atoms with Crippen LogP contribution in [-0.2, 0) is 9.53 Å². The van der Waals surface area contributed by atoms with Crippen molar-refractivity contribution in [3.8, 4) is 0 Å². The third-order valence-electron chi connectivity index (χ3n) is 4.99. The standard InChI is InChI=1S/C16H19N3O3/c1-10-7-12(8-11(2)17-10)15(21)18-4-3-16-13(18)9-14(20)19(16)5-6-22-16/h7-8,13H,3-6,9H2,1-2H3/t13-,16+/m1/s1. The molecule has 2 amide bonds. The van der Waals surface area contributed by atoms with E-state index in [-0.39, 0.29) is 17.9 Å². The molecule has 4 heterocycles. The average Bonchev–Trinajstić information content (AvgIpc) is 3.09. The van der Waals surface area contributed by atoms with E-state index in [1.807, 2.05) is 35.8 Å². The smallest absolute Gasteiger partial charge is 0.254 e. The zero-order valence-corrected chi connectivity index (χ0v) is 12.8. The zero-order valence-electron chi connectivity index (χ0n) is 12.8. The lowest BCUT2D eigenvalue weighted by Gasteiger charge is -2.31. The van der Waals surface area contributed by atoms with Crippen molar-refractivity contribution in [1.82, 2.24) is 14.8 Å². The molecular formula is C16H19N3O3. The topological polar surface area (TPSA) is 62.7 Å². The van der Waals surface area contributed by atoms with Gasteiger partial charge in [-0.05, 0) is 26.0 Å². The van der Waals surface area contributed by atoms with Crippen molar-refractivity contribution in [2.75, 3.05) is 19.7 Å². The number of pyridine rings is 1. The Morgan fingerprint density at radius 1 is 1.32 bits per heavy atom. The monoisotopic (exact) mass is 301 g/mol. The number of carbonyl (C=O) groups excluding carboxylic acids is 2. The molecular weight excluding hydrogens is 282 g/mol. The number of hydrogen-bond donors (Lipinski definition) is 0. The van der Waals surface area contributed by atoms with Gasteiger partial charge in [-0.2, -0.15) is 0 Å². The molecule has 0 bridgehead atoms. The average molecular weight is 301 g/mol. The molecule has 6 heteroatoms. The fourth-order valence-corrected chi connectivity index (χ4v) is 4.16. The first-order valence-corrected chi connectivity index (χ1v) is 7.72. The second-order valence-electron chi connectivity index (χ2n) is 6.35. The second-order valence-corrected chi connectivity index (χ2v) is 6.35. The molecule has 3 saturated heterocycles. The maximum Gasteiger partial charge on any atom is 0.254 e. The van der Waals surface area contributed by atoms with Crippen LogP contribution in [0.4, 0.5) is 0 Å². The Morgan fingerprint density at radius 2 is 2.05 bits per heavy atom. The zero-order chi connectivity index (χ0) is 15.5. The lowest BCUT2D eigenvalue weighted by Crippen LogP contribution is -2.48. The molecule has 0 N–H and O–H groups in total. The number of rotatable bonds is 1. The van der Waals surface area contributed by atoms with E-state index >= 15 is 0 Å². The van der Waals surface area contributed by atoms with Gasteiger partial charge in [0.15, 0.2) is 5.72 Å². The molecule has 3 aliphatic rings. The summed E-state index contributed by atoms with van der Waals surface area (Å²) < 4.78 is 5.92. The lowest BCUT2D eigenvalue weighted by atomic mass is 10.1. The number of hydrogen-bond acceptors (Lipinski definition) is 4. The van der Waals surface area contributed by atoms with Gasteiger partial charge in [-0.3, -0.25) is 14.6 Å². The molecule has 116 valence electrons. The van der Waals surface area contributed by atoms with Gasteiger partial charge in [0.05, 0.1) is 19.1 Å². The quantitative estimate of drug-likeness (QED) is 0.772. The Labute approximate surface area is 129 Å². The van der Waals surface area contributed by atoms with E-state index in [2.05, 4.69) is 4.98 Å². The van der Waals surface area contributed by atoms with Crippen LogP contribution in [0.3, 0.4) is 0 Å². The first kappa shape index (κ1) is 13.7. The van der Waals surface area contributed by atoms with Crippen LogP contribution < -0.4 is 0 Å². The molecule has 0 radical (unpaired) electrons. The summed E-state index contributed by atoms with van der Waals surface area (Å²) in [6.07, 6.45) is 1.08. The Hall–Kier alpha value is -1.95. The fraction of sp³-hybridized carbons (Fsp3) is 0.562. The van der Waals surface area contributed by atoms with E-state index in [4.69, 9.17) is 4.74 Å². The molecule has 0 aliphatic carbocycles. The highest BCUT2D eigenvalue weighted by Gasteiger charge is 2.62. The second kappa shape index (κ2) is 4.52.